The van der Waals surface area contributed by atoms with Crippen molar-refractivity contribution in [1.29, 1.82) is 0 Å². The third kappa shape index (κ3) is 6.29. The average molecular weight is 183 g/mol. The van der Waals surface area contributed by atoms with Crippen molar-refractivity contribution < 1.29 is 0 Å². The van der Waals surface area contributed by atoms with Gasteiger partial charge in [0.15, 0.2) is 0 Å². The first kappa shape index (κ1) is 11.6. The van der Waals surface area contributed by atoms with E-state index in [9.17, 15) is 0 Å². The molecular formula is C10H17NS. The van der Waals surface area contributed by atoms with E-state index in [-0.39, 0.29) is 6.04 Å². The Morgan fingerprint density at radius 1 is 1.58 bits per heavy atom. The number of allylic oxidation sites excluding steroid dienone is 2. The van der Waals surface area contributed by atoms with E-state index < -0.39 is 0 Å². The van der Waals surface area contributed by atoms with Gasteiger partial charge in [0, 0.05) is 10.9 Å². The van der Waals surface area contributed by atoms with Crippen LogP contribution in [0.4, 0.5) is 0 Å². The molecule has 1 atom stereocenters. The van der Waals surface area contributed by atoms with Crippen LogP contribution < -0.4 is 5.73 Å². The van der Waals surface area contributed by atoms with Gasteiger partial charge in [-0.25, -0.2) is 0 Å². The van der Waals surface area contributed by atoms with Crippen LogP contribution in [0.3, 0.4) is 0 Å². The third-order valence-electron chi connectivity index (χ3n) is 1.33. The van der Waals surface area contributed by atoms with Crippen LogP contribution in [0.1, 0.15) is 27.2 Å². The minimum atomic E-state index is -0.0173. The molecular weight excluding hydrogens is 166 g/mol. The van der Waals surface area contributed by atoms with E-state index in [4.69, 9.17) is 5.73 Å². The van der Waals surface area contributed by atoms with Gasteiger partial charge in [-0.2, -0.15) is 0 Å². The van der Waals surface area contributed by atoms with Crippen LogP contribution in [0.5, 0.6) is 0 Å². The van der Waals surface area contributed by atoms with E-state index in [1.807, 2.05) is 13.0 Å². The molecule has 1 unspecified atom stereocenters. The van der Waals surface area contributed by atoms with Crippen LogP contribution in [-0.4, -0.2) is 6.04 Å². The second-order valence-corrected chi connectivity index (χ2v) is 3.52. The molecule has 0 amide bonds. The summed E-state index contributed by atoms with van der Waals surface area (Å²) in [5, 5.41) is 0. The zero-order chi connectivity index (χ0) is 9.56. The first-order valence-electron chi connectivity index (χ1n) is 4.07. The number of rotatable bonds is 3. The predicted octanol–water partition coefficient (Wildman–Crippen LogP) is 2.66. The molecule has 0 saturated carbocycles. The van der Waals surface area contributed by atoms with Crippen molar-refractivity contribution in [3.63, 3.8) is 0 Å². The largest absolute Gasteiger partial charge is 0.323 e. The highest BCUT2D eigenvalue weighted by Crippen LogP contribution is 2.02. The van der Waals surface area contributed by atoms with E-state index in [0.717, 1.165) is 11.3 Å². The topological polar surface area (TPSA) is 26.0 Å². The van der Waals surface area contributed by atoms with Gasteiger partial charge in [-0.05, 0) is 33.3 Å². The zero-order valence-corrected chi connectivity index (χ0v) is 8.86. The molecule has 0 bridgehead atoms. The molecule has 68 valence electrons. The molecule has 0 aliphatic carbocycles. The second-order valence-electron chi connectivity index (χ2n) is 3.04. The summed E-state index contributed by atoms with van der Waals surface area (Å²) in [5.74, 6) is 0. The van der Waals surface area contributed by atoms with Crippen molar-refractivity contribution in [3.8, 4) is 0 Å². The second kappa shape index (κ2) is 6.13. The van der Waals surface area contributed by atoms with Crippen LogP contribution in [-0.2, 0) is 0 Å². The van der Waals surface area contributed by atoms with Crippen LogP contribution >= 0.6 is 12.6 Å². The molecule has 0 rings (SSSR count). The quantitative estimate of drug-likeness (QED) is 0.393. The van der Waals surface area contributed by atoms with E-state index >= 15 is 0 Å². The van der Waals surface area contributed by atoms with Gasteiger partial charge in [0.25, 0.3) is 0 Å². The van der Waals surface area contributed by atoms with Crippen molar-refractivity contribution in [2.45, 2.75) is 33.2 Å². The van der Waals surface area contributed by atoms with Crippen molar-refractivity contribution in [3.05, 3.63) is 28.4 Å². The lowest BCUT2D eigenvalue weighted by Gasteiger charge is -1.98. The Hall–Kier alpha value is -0.430. The lowest BCUT2D eigenvalue weighted by molar-refractivity contribution is 0.914. The summed E-state index contributed by atoms with van der Waals surface area (Å²) in [5.41, 5.74) is 9.90. The zero-order valence-electron chi connectivity index (χ0n) is 7.96. The van der Waals surface area contributed by atoms with Crippen LogP contribution in [0.25, 0.3) is 0 Å². The number of hydrogen-bond donors (Lipinski definition) is 2. The van der Waals surface area contributed by atoms with Crippen LogP contribution in [0.15, 0.2) is 28.4 Å². The van der Waals surface area contributed by atoms with E-state index in [1.54, 1.807) is 0 Å². The maximum atomic E-state index is 5.57. The van der Waals surface area contributed by atoms with Gasteiger partial charge in [0.05, 0.1) is 0 Å². The monoisotopic (exact) mass is 183 g/mol. The smallest absolute Gasteiger partial charge is 0.0398 e. The molecule has 0 saturated heterocycles. The predicted molar refractivity (Wildman–Crippen MR) is 58.3 cm³/mol. The minimum absolute atomic E-state index is 0.0173. The highest BCUT2D eigenvalue weighted by Gasteiger charge is 1.92. The van der Waals surface area contributed by atoms with Gasteiger partial charge in [0.2, 0.25) is 0 Å². The summed E-state index contributed by atoms with van der Waals surface area (Å²) in [6, 6.07) is -0.0173. The lowest BCUT2D eigenvalue weighted by atomic mass is 10.2. The molecule has 0 spiro atoms. The fourth-order valence-electron chi connectivity index (χ4n) is 0.590. The summed E-state index contributed by atoms with van der Waals surface area (Å²) in [7, 11) is 0. The van der Waals surface area contributed by atoms with Crippen molar-refractivity contribution in [2.75, 3.05) is 0 Å². The van der Waals surface area contributed by atoms with Crippen molar-refractivity contribution >= 4 is 12.6 Å². The van der Waals surface area contributed by atoms with E-state index in [1.165, 1.54) is 5.57 Å². The van der Waals surface area contributed by atoms with Gasteiger partial charge >= 0.3 is 0 Å². The standard InChI is InChI=1S/C10H17NS/c1-8(2)6-4-5-7-10(12)9(3)11/h5-6,9,12H,4,11H2,1-3H3. The minimum Gasteiger partial charge on any atom is -0.323 e. The van der Waals surface area contributed by atoms with E-state index in [2.05, 4.69) is 38.3 Å². The fraction of sp³-hybridized carbons (Fsp3) is 0.500. The van der Waals surface area contributed by atoms with Crippen LogP contribution in [0, 0.1) is 0 Å². The molecule has 1 nitrogen and oxygen atoms in total. The number of nitrogens with two attached hydrogens (primary N) is 1. The van der Waals surface area contributed by atoms with Gasteiger partial charge < -0.3 is 5.73 Å². The van der Waals surface area contributed by atoms with Crippen molar-refractivity contribution in [2.24, 2.45) is 5.73 Å². The Bertz CT molecular complexity index is 216. The first-order chi connectivity index (χ1) is 5.54. The molecule has 0 aromatic carbocycles. The van der Waals surface area contributed by atoms with Gasteiger partial charge in [0.1, 0.15) is 0 Å². The third-order valence-corrected chi connectivity index (χ3v) is 1.86. The summed E-state index contributed by atoms with van der Waals surface area (Å²) in [6.07, 6.45) is 4.98. The summed E-state index contributed by atoms with van der Waals surface area (Å²) < 4.78 is 0. The average Bonchev–Trinajstić information content (AvgIpc) is 1.97. The Morgan fingerprint density at radius 3 is 2.58 bits per heavy atom. The molecule has 0 aromatic rings. The summed E-state index contributed by atoms with van der Waals surface area (Å²) in [4.78, 5) is 0.803. The molecule has 0 aromatic heterocycles. The highest BCUT2D eigenvalue weighted by atomic mass is 32.1. The van der Waals surface area contributed by atoms with Gasteiger partial charge in [-0.15, -0.1) is 18.4 Å². The number of hydrogen-bond acceptors (Lipinski definition) is 2. The molecule has 2 heteroatoms. The fourth-order valence-corrected chi connectivity index (χ4v) is 0.681. The van der Waals surface area contributed by atoms with Gasteiger partial charge in [-0.3, -0.25) is 0 Å². The SMILES string of the molecule is CC(C)=CCC=C=C(S)C(C)N. The maximum absolute atomic E-state index is 5.57. The van der Waals surface area contributed by atoms with Gasteiger partial charge in [-0.1, -0.05) is 11.6 Å². The molecule has 2 N–H and O–H groups in total. The first-order valence-corrected chi connectivity index (χ1v) is 4.51. The summed E-state index contributed by atoms with van der Waals surface area (Å²) >= 11 is 4.18. The maximum Gasteiger partial charge on any atom is 0.0398 e. The Balaban J connectivity index is 4.06. The molecule has 0 aliphatic heterocycles. The normalized spacial score (nSPS) is 11.4. The Morgan fingerprint density at radius 2 is 2.17 bits per heavy atom. The summed E-state index contributed by atoms with van der Waals surface area (Å²) in [6.45, 7) is 6.04. The van der Waals surface area contributed by atoms with Crippen LogP contribution in [0.2, 0.25) is 0 Å². The molecule has 12 heavy (non-hydrogen) atoms. The highest BCUT2D eigenvalue weighted by molar-refractivity contribution is 7.84. The van der Waals surface area contributed by atoms with Crippen molar-refractivity contribution in [1.82, 2.24) is 0 Å². The number of thiol groups is 1. The Kier molecular flexibility index (Phi) is 5.91. The molecule has 0 fully saturated rings. The molecule has 0 radical (unpaired) electrons. The lowest BCUT2D eigenvalue weighted by Crippen LogP contribution is -2.13. The van der Waals surface area contributed by atoms with E-state index in [0.29, 0.717) is 0 Å². The molecule has 0 heterocycles. The molecule has 0 aliphatic rings. The Labute approximate surface area is 80.4 Å².